The maximum Gasteiger partial charge on any atom is 0.462 e. The highest BCUT2D eigenvalue weighted by molar-refractivity contribution is 8.13. The molecule has 0 saturated heterocycles. The molecule has 0 bridgehead atoms. The molecule has 0 spiro atoms. The first-order valence-electron chi connectivity index (χ1n) is 8.00. The van der Waals surface area contributed by atoms with Crippen molar-refractivity contribution in [3.63, 3.8) is 0 Å². The lowest BCUT2D eigenvalue weighted by molar-refractivity contribution is -0.548. The van der Waals surface area contributed by atoms with Gasteiger partial charge in [0.15, 0.2) is 0 Å². The van der Waals surface area contributed by atoms with Crippen molar-refractivity contribution in [1.82, 2.24) is 0 Å². The van der Waals surface area contributed by atoms with Gasteiger partial charge in [0.05, 0.1) is 12.4 Å². The maximum atomic E-state index is 14.1. The van der Waals surface area contributed by atoms with Crippen molar-refractivity contribution in [3.8, 4) is 0 Å². The summed E-state index contributed by atoms with van der Waals surface area (Å²) in [6.07, 6.45) is -40.2. The van der Waals surface area contributed by atoms with Gasteiger partial charge in [0.2, 0.25) is 9.05 Å². The van der Waals surface area contributed by atoms with Crippen molar-refractivity contribution in [1.29, 1.82) is 0 Å². The largest absolute Gasteiger partial charge is 0.462 e. The van der Waals surface area contributed by atoms with Crippen LogP contribution in [0.4, 0.5) is 74.6 Å². The Morgan fingerprint density at radius 1 is 0.649 bits per heavy atom. The lowest BCUT2D eigenvalue weighted by Crippen LogP contribution is -2.68. The first-order valence-corrected chi connectivity index (χ1v) is 10.5. The molecule has 6 nitrogen and oxygen atoms in total. The van der Waals surface area contributed by atoms with E-state index in [0.717, 1.165) is 0 Å². The first kappa shape index (κ1) is 35.4. The second kappa shape index (κ2) is 10.2. The molecule has 0 aromatic rings. The highest BCUT2D eigenvalue weighted by atomic mass is 35.7. The van der Waals surface area contributed by atoms with E-state index in [1.165, 1.54) is 4.74 Å². The van der Waals surface area contributed by atoms with E-state index < -0.39 is 82.2 Å². The van der Waals surface area contributed by atoms with Crippen LogP contribution in [0.2, 0.25) is 0 Å². The Morgan fingerprint density at radius 3 is 1.41 bits per heavy atom. The van der Waals surface area contributed by atoms with Crippen molar-refractivity contribution in [2.24, 2.45) is 0 Å². The number of carbonyl (C=O) groups is 1. The Morgan fingerprint density at radius 2 is 1.08 bits per heavy atom. The second-order valence-electron chi connectivity index (χ2n) is 6.23. The van der Waals surface area contributed by atoms with E-state index in [1.54, 1.807) is 4.74 Å². The molecular formula is C12H6ClF17O6S. The number of hydrogen-bond acceptors (Lipinski definition) is 6. The zero-order valence-corrected chi connectivity index (χ0v) is 17.9. The van der Waals surface area contributed by atoms with Crippen LogP contribution in [0.1, 0.15) is 6.42 Å². The summed E-state index contributed by atoms with van der Waals surface area (Å²) in [7, 11) is 0.130. The predicted octanol–water partition coefficient (Wildman–Crippen LogP) is 5.36. The topological polar surface area (TPSA) is 78.9 Å². The van der Waals surface area contributed by atoms with Crippen molar-refractivity contribution >= 4 is 25.7 Å². The molecule has 0 aliphatic heterocycles. The number of rotatable bonds is 11. The van der Waals surface area contributed by atoms with E-state index >= 15 is 0 Å². The minimum atomic E-state index is -8.15. The molecule has 0 heterocycles. The summed E-state index contributed by atoms with van der Waals surface area (Å²) >= 11 is 0. The van der Waals surface area contributed by atoms with Crippen LogP contribution in [0.3, 0.4) is 0 Å². The van der Waals surface area contributed by atoms with Crippen LogP contribution in [0.5, 0.6) is 0 Å². The summed E-state index contributed by atoms with van der Waals surface area (Å²) in [6.45, 7) is -1.71. The maximum absolute atomic E-state index is 14.1. The third kappa shape index (κ3) is 7.52. The molecule has 0 saturated carbocycles. The summed E-state index contributed by atoms with van der Waals surface area (Å²) in [5.41, 5.74) is 0. The zero-order chi connectivity index (χ0) is 30.3. The lowest BCUT2D eigenvalue weighted by atomic mass is 10.2. The third-order valence-corrected chi connectivity index (χ3v) is 4.63. The Bertz CT molecular complexity index is 929. The highest BCUT2D eigenvalue weighted by Crippen LogP contribution is 2.56. The van der Waals surface area contributed by atoms with E-state index in [0.29, 0.717) is 0 Å². The number of alkyl halides is 17. The van der Waals surface area contributed by atoms with Gasteiger partial charge in [-0.2, -0.15) is 74.6 Å². The van der Waals surface area contributed by atoms with Crippen LogP contribution in [-0.4, -0.2) is 75.1 Å². The number of halogens is 18. The zero-order valence-electron chi connectivity index (χ0n) is 16.3. The Hall–Kier alpha value is -1.56. The second-order valence-corrected chi connectivity index (χ2v) is 9.12. The van der Waals surface area contributed by atoms with Gasteiger partial charge in [-0.15, -0.1) is 0 Å². The van der Waals surface area contributed by atoms with E-state index in [1.807, 2.05) is 0 Å². The van der Waals surface area contributed by atoms with Crippen molar-refractivity contribution < 1.29 is 102 Å². The normalized spacial score (nSPS) is 18.2. The molecule has 0 N–H and O–H groups in total. The fraction of sp³-hybridized carbons (Fsp3) is 0.917. The molecule has 0 aromatic heterocycles. The summed E-state index contributed by atoms with van der Waals surface area (Å²) in [4.78, 5) is 11.2. The third-order valence-electron chi connectivity index (χ3n) is 3.39. The average Bonchev–Trinajstić information content (AvgIpc) is 2.60. The van der Waals surface area contributed by atoms with Gasteiger partial charge in [0.25, 0.3) is 0 Å². The summed E-state index contributed by atoms with van der Waals surface area (Å²) in [5.74, 6) is -28.2. The smallest absolute Gasteiger partial charge is 0.461 e. The molecule has 0 aromatic carbocycles. The minimum absolute atomic E-state index is 1.15. The first-order chi connectivity index (χ1) is 15.8. The quantitative estimate of drug-likeness (QED) is 0.132. The fourth-order valence-corrected chi connectivity index (χ4v) is 2.42. The summed E-state index contributed by atoms with van der Waals surface area (Å²) < 4.78 is 247. The lowest BCUT2D eigenvalue weighted by Gasteiger charge is -2.39. The van der Waals surface area contributed by atoms with E-state index in [4.69, 9.17) is 0 Å². The number of carbonyl (C=O) groups excluding carboxylic acids is 1. The number of ether oxygens (including phenoxy) is 3. The average molecular weight is 637 g/mol. The van der Waals surface area contributed by atoms with Crippen molar-refractivity contribution in [2.45, 2.75) is 54.8 Å². The summed E-state index contributed by atoms with van der Waals surface area (Å²) in [5, 5.41) is 0. The van der Waals surface area contributed by atoms with Crippen LogP contribution in [0.15, 0.2) is 0 Å². The molecule has 222 valence electrons. The van der Waals surface area contributed by atoms with Gasteiger partial charge in [-0.1, -0.05) is 0 Å². The SMILES string of the molecule is O=C(OCCCS(=O)(=O)Cl)C(F)(OC(F)(F)C(F)(OC(F)(F)C(F)(F)C(F)(F)F)C(F)(F)F)C(F)(F)F. The molecule has 0 amide bonds. The molecule has 2 atom stereocenters. The van der Waals surface area contributed by atoms with Crippen LogP contribution in [-0.2, 0) is 28.1 Å². The Balaban J connectivity index is 6.50. The van der Waals surface area contributed by atoms with E-state index in [9.17, 15) is 87.8 Å². The fourth-order valence-electron chi connectivity index (χ4n) is 1.63. The molecule has 0 rings (SSSR count). The van der Waals surface area contributed by atoms with Crippen molar-refractivity contribution in [3.05, 3.63) is 0 Å². The van der Waals surface area contributed by atoms with Crippen LogP contribution >= 0.6 is 10.7 Å². The number of esters is 1. The molecule has 25 heteroatoms. The van der Waals surface area contributed by atoms with Crippen LogP contribution in [0, 0.1) is 0 Å². The van der Waals surface area contributed by atoms with Gasteiger partial charge in [-0.3, -0.25) is 9.47 Å². The monoisotopic (exact) mass is 636 g/mol. The molecule has 37 heavy (non-hydrogen) atoms. The Kier molecular flexibility index (Phi) is 9.77. The molecule has 0 fully saturated rings. The van der Waals surface area contributed by atoms with E-state index in [-0.39, 0.29) is 0 Å². The molecule has 0 radical (unpaired) electrons. The number of hydrogen-bond donors (Lipinski definition) is 0. The standard InChI is InChI=1S/C12H6ClF17O6S/c13-37(32,33)3-1-2-34-4(31)5(14,8(18,19)20)35-12(29,30)7(17,10(24,25)26)36-11(27,28)6(15,16)9(21,22)23/h1-3H2. The van der Waals surface area contributed by atoms with Crippen molar-refractivity contribution in [2.75, 3.05) is 12.4 Å². The summed E-state index contributed by atoms with van der Waals surface area (Å²) in [6, 6.07) is 0. The van der Waals surface area contributed by atoms with Gasteiger partial charge in [-0.05, 0) is 6.42 Å². The molecule has 2 unspecified atom stereocenters. The highest BCUT2D eigenvalue weighted by Gasteiger charge is 2.85. The van der Waals surface area contributed by atoms with Gasteiger partial charge >= 0.3 is 54.3 Å². The Labute approximate surface area is 196 Å². The van der Waals surface area contributed by atoms with Crippen LogP contribution in [0.25, 0.3) is 0 Å². The minimum Gasteiger partial charge on any atom is -0.461 e. The molecule has 0 aliphatic carbocycles. The van der Waals surface area contributed by atoms with Gasteiger partial charge in [-0.25, -0.2) is 13.2 Å². The molecule has 0 aliphatic rings. The van der Waals surface area contributed by atoms with Gasteiger partial charge < -0.3 is 4.74 Å². The predicted molar refractivity (Wildman–Crippen MR) is 78.1 cm³/mol. The van der Waals surface area contributed by atoms with Gasteiger partial charge in [0.1, 0.15) is 0 Å². The molecular weight excluding hydrogens is 631 g/mol. The van der Waals surface area contributed by atoms with Gasteiger partial charge in [0, 0.05) is 10.7 Å². The van der Waals surface area contributed by atoms with Crippen LogP contribution < -0.4 is 0 Å². The van der Waals surface area contributed by atoms with E-state index in [2.05, 4.69) is 15.4 Å².